The molecule has 1 rings (SSSR count). The van der Waals surface area contributed by atoms with Crippen LogP contribution in [-0.4, -0.2) is 23.9 Å². The summed E-state index contributed by atoms with van der Waals surface area (Å²) in [5.74, 6) is 1.29. The van der Waals surface area contributed by atoms with E-state index in [-0.39, 0.29) is 13.3 Å². The van der Waals surface area contributed by atoms with Crippen LogP contribution in [0.5, 0.6) is 0 Å². The Kier molecular flexibility index (Phi) is 5.04. The highest BCUT2D eigenvalue weighted by atomic mass is 16.2. The molecule has 1 aliphatic rings. The van der Waals surface area contributed by atoms with Gasteiger partial charge in [0.05, 0.1) is 0 Å². The number of hydrogen-bond acceptors (Lipinski definition) is 1. The molecule has 0 aromatic heterocycles. The third kappa shape index (κ3) is 3.37. The fourth-order valence-corrected chi connectivity index (χ4v) is 1.59. The van der Waals surface area contributed by atoms with E-state index in [4.69, 9.17) is 0 Å². The number of carbonyl (C=O) groups excluding carboxylic acids is 1. The fraction of sp³-hybridized carbons (Fsp3) is 0.909. The lowest BCUT2D eigenvalue weighted by Gasteiger charge is -2.31. The molecule has 1 saturated heterocycles. The van der Waals surface area contributed by atoms with Crippen molar-refractivity contribution in [2.24, 2.45) is 11.8 Å². The van der Waals surface area contributed by atoms with Crippen LogP contribution < -0.4 is 0 Å². The third-order valence-electron chi connectivity index (χ3n) is 2.59. The summed E-state index contributed by atoms with van der Waals surface area (Å²) in [5, 5.41) is 0. The molecule has 2 heteroatoms. The van der Waals surface area contributed by atoms with Gasteiger partial charge < -0.3 is 4.90 Å². The van der Waals surface area contributed by atoms with Crippen LogP contribution in [0.25, 0.3) is 0 Å². The first-order valence-electron chi connectivity index (χ1n) is 4.90. The highest BCUT2D eigenvalue weighted by molar-refractivity contribution is 5.78. The van der Waals surface area contributed by atoms with Gasteiger partial charge in [0, 0.05) is 19.0 Å². The van der Waals surface area contributed by atoms with Crippen molar-refractivity contribution in [2.45, 2.75) is 41.0 Å². The molecular weight excluding hydrogens is 162 g/mol. The van der Waals surface area contributed by atoms with E-state index in [1.807, 2.05) is 18.7 Å². The van der Waals surface area contributed by atoms with Gasteiger partial charge in [0.25, 0.3) is 0 Å². The van der Waals surface area contributed by atoms with Gasteiger partial charge in [-0.15, -0.1) is 0 Å². The second kappa shape index (κ2) is 5.25. The number of rotatable bonds is 1. The fourth-order valence-electron chi connectivity index (χ4n) is 1.59. The van der Waals surface area contributed by atoms with Gasteiger partial charge >= 0.3 is 0 Å². The molecule has 1 fully saturated rings. The van der Waals surface area contributed by atoms with Crippen molar-refractivity contribution in [3.63, 3.8) is 0 Å². The van der Waals surface area contributed by atoms with Crippen LogP contribution in [0.4, 0.5) is 0 Å². The summed E-state index contributed by atoms with van der Waals surface area (Å²) in [6, 6.07) is 0. The minimum Gasteiger partial charge on any atom is -0.342 e. The zero-order valence-electron chi connectivity index (χ0n) is 8.34. The number of carbonyl (C=O) groups is 1. The summed E-state index contributed by atoms with van der Waals surface area (Å²) in [4.78, 5) is 13.5. The van der Waals surface area contributed by atoms with Gasteiger partial charge in [0.2, 0.25) is 5.91 Å². The maximum absolute atomic E-state index is 11.5. The molecule has 13 heavy (non-hydrogen) atoms. The van der Waals surface area contributed by atoms with Gasteiger partial charge in [-0.05, 0) is 18.8 Å². The smallest absolute Gasteiger partial charge is 0.225 e. The summed E-state index contributed by atoms with van der Waals surface area (Å²) < 4.78 is 0. The Bertz CT molecular complexity index is 157. The summed E-state index contributed by atoms with van der Waals surface area (Å²) in [7, 11) is 0. The SMILES string of the molecule is C.CC1CCN(C(=O)C(C)C)CC1. The zero-order chi connectivity index (χ0) is 9.14. The molecule has 1 amide bonds. The van der Waals surface area contributed by atoms with Crippen molar-refractivity contribution in [2.75, 3.05) is 13.1 Å². The minimum atomic E-state index is 0. The maximum Gasteiger partial charge on any atom is 0.225 e. The molecule has 0 atom stereocenters. The molecular formula is C11H23NO. The Balaban J connectivity index is 0.00000144. The van der Waals surface area contributed by atoms with Gasteiger partial charge in [-0.25, -0.2) is 0 Å². The molecule has 1 aliphatic heterocycles. The van der Waals surface area contributed by atoms with E-state index >= 15 is 0 Å². The normalized spacial score (nSPS) is 18.6. The highest BCUT2D eigenvalue weighted by Gasteiger charge is 2.21. The van der Waals surface area contributed by atoms with Gasteiger partial charge in [-0.3, -0.25) is 4.79 Å². The van der Waals surface area contributed by atoms with Crippen molar-refractivity contribution >= 4 is 5.91 Å². The minimum absolute atomic E-state index is 0. The molecule has 2 nitrogen and oxygen atoms in total. The monoisotopic (exact) mass is 185 g/mol. The Hall–Kier alpha value is -0.530. The molecule has 1 heterocycles. The molecule has 0 aromatic carbocycles. The van der Waals surface area contributed by atoms with Crippen molar-refractivity contribution in [3.05, 3.63) is 0 Å². The first kappa shape index (κ1) is 12.5. The largest absolute Gasteiger partial charge is 0.342 e. The molecule has 0 bridgehead atoms. The Labute approximate surface area is 82.3 Å². The topological polar surface area (TPSA) is 20.3 Å². The molecule has 0 N–H and O–H groups in total. The predicted octanol–water partition coefficient (Wildman–Crippen LogP) is 2.54. The predicted molar refractivity (Wildman–Crippen MR) is 56.5 cm³/mol. The lowest BCUT2D eigenvalue weighted by molar-refractivity contribution is -0.135. The number of nitrogens with zero attached hydrogens (tertiary/aromatic N) is 1. The Morgan fingerprint density at radius 2 is 1.77 bits per heavy atom. The van der Waals surface area contributed by atoms with Crippen LogP contribution in [0, 0.1) is 11.8 Å². The lowest BCUT2D eigenvalue weighted by atomic mass is 9.98. The van der Waals surface area contributed by atoms with E-state index in [0.717, 1.165) is 19.0 Å². The second-order valence-corrected chi connectivity index (χ2v) is 4.16. The standard InChI is InChI=1S/C10H19NO.CH4/c1-8(2)10(12)11-6-4-9(3)5-7-11;/h8-9H,4-7H2,1-3H3;1H4. The van der Waals surface area contributed by atoms with Crippen LogP contribution in [0.1, 0.15) is 41.0 Å². The number of likely N-dealkylation sites (tertiary alicyclic amines) is 1. The first-order valence-corrected chi connectivity index (χ1v) is 4.90. The molecule has 0 aromatic rings. The van der Waals surface area contributed by atoms with E-state index in [1.165, 1.54) is 12.8 Å². The van der Waals surface area contributed by atoms with Gasteiger partial charge in [0.1, 0.15) is 0 Å². The van der Waals surface area contributed by atoms with Crippen LogP contribution in [0.3, 0.4) is 0 Å². The van der Waals surface area contributed by atoms with Crippen molar-refractivity contribution < 1.29 is 4.79 Å². The average molecular weight is 185 g/mol. The van der Waals surface area contributed by atoms with E-state index in [0.29, 0.717) is 5.91 Å². The van der Waals surface area contributed by atoms with Crippen molar-refractivity contribution in [1.82, 2.24) is 4.90 Å². The highest BCUT2D eigenvalue weighted by Crippen LogP contribution is 2.17. The van der Waals surface area contributed by atoms with Crippen LogP contribution in [0.15, 0.2) is 0 Å². The molecule has 0 unspecified atom stereocenters. The van der Waals surface area contributed by atoms with Gasteiger partial charge in [0.15, 0.2) is 0 Å². The molecule has 78 valence electrons. The summed E-state index contributed by atoms with van der Waals surface area (Å²) in [6.45, 7) is 8.15. The lowest BCUT2D eigenvalue weighted by Crippen LogP contribution is -2.40. The zero-order valence-corrected chi connectivity index (χ0v) is 8.34. The van der Waals surface area contributed by atoms with E-state index in [9.17, 15) is 4.79 Å². The van der Waals surface area contributed by atoms with E-state index in [1.54, 1.807) is 0 Å². The average Bonchev–Trinajstić information content (AvgIpc) is 2.04. The van der Waals surface area contributed by atoms with Crippen molar-refractivity contribution in [3.8, 4) is 0 Å². The number of hydrogen-bond donors (Lipinski definition) is 0. The summed E-state index contributed by atoms with van der Waals surface area (Å²) in [6.07, 6.45) is 2.36. The van der Waals surface area contributed by atoms with Gasteiger partial charge in [-0.2, -0.15) is 0 Å². The van der Waals surface area contributed by atoms with Crippen LogP contribution in [0.2, 0.25) is 0 Å². The van der Waals surface area contributed by atoms with E-state index in [2.05, 4.69) is 6.92 Å². The summed E-state index contributed by atoms with van der Waals surface area (Å²) in [5.41, 5.74) is 0. The van der Waals surface area contributed by atoms with Crippen LogP contribution in [-0.2, 0) is 4.79 Å². The van der Waals surface area contributed by atoms with Crippen LogP contribution >= 0.6 is 0 Å². The maximum atomic E-state index is 11.5. The molecule has 0 saturated carbocycles. The summed E-state index contributed by atoms with van der Waals surface area (Å²) >= 11 is 0. The quantitative estimate of drug-likeness (QED) is 0.614. The third-order valence-corrected chi connectivity index (χ3v) is 2.59. The second-order valence-electron chi connectivity index (χ2n) is 4.16. The van der Waals surface area contributed by atoms with E-state index < -0.39 is 0 Å². The first-order chi connectivity index (χ1) is 5.61. The molecule has 0 spiro atoms. The Morgan fingerprint density at radius 1 is 1.31 bits per heavy atom. The molecule has 0 radical (unpaired) electrons. The number of amides is 1. The van der Waals surface area contributed by atoms with Gasteiger partial charge in [-0.1, -0.05) is 28.2 Å². The molecule has 0 aliphatic carbocycles. The Morgan fingerprint density at radius 3 is 2.15 bits per heavy atom. The van der Waals surface area contributed by atoms with Crippen molar-refractivity contribution in [1.29, 1.82) is 0 Å². The number of piperidine rings is 1.